The number of nitrogens with zero attached hydrogens (tertiary/aromatic N) is 1. The summed E-state index contributed by atoms with van der Waals surface area (Å²) >= 11 is 0. The second-order valence-corrected chi connectivity index (χ2v) is 6.23. The van der Waals surface area contributed by atoms with Crippen molar-refractivity contribution in [1.82, 2.24) is 10.9 Å². The number of hydrogen-bond donors (Lipinski definition) is 2. The lowest BCUT2D eigenvalue weighted by Gasteiger charge is -2.16. The Bertz CT molecular complexity index is 833. The molecule has 1 atom stereocenters. The van der Waals surface area contributed by atoms with Crippen LogP contribution < -0.4 is 15.6 Å². The Balaban J connectivity index is 1.89. The fourth-order valence-electron chi connectivity index (χ4n) is 2.24. The topological polar surface area (TPSA) is 111 Å². The Hall–Kier alpha value is -3.42. The van der Waals surface area contributed by atoms with Gasteiger partial charge in [-0.1, -0.05) is 32.0 Å². The summed E-state index contributed by atoms with van der Waals surface area (Å²) in [5.41, 5.74) is 5.46. The molecule has 27 heavy (non-hydrogen) atoms. The molecule has 2 amide bonds. The van der Waals surface area contributed by atoms with Crippen LogP contribution in [-0.2, 0) is 4.79 Å². The quantitative estimate of drug-likeness (QED) is 0.599. The van der Waals surface area contributed by atoms with Gasteiger partial charge in [-0.2, -0.15) is 0 Å². The van der Waals surface area contributed by atoms with Crippen LogP contribution in [0.2, 0.25) is 0 Å². The monoisotopic (exact) mass is 371 g/mol. The van der Waals surface area contributed by atoms with E-state index in [2.05, 4.69) is 24.7 Å². The van der Waals surface area contributed by atoms with Crippen LogP contribution >= 0.6 is 0 Å². The van der Waals surface area contributed by atoms with Gasteiger partial charge in [-0.15, -0.1) is 0 Å². The minimum atomic E-state index is -0.847. The lowest BCUT2D eigenvalue weighted by atomic mass is 10.0. The summed E-state index contributed by atoms with van der Waals surface area (Å²) in [4.78, 5) is 34.2. The highest BCUT2D eigenvalue weighted by Crippen LogP contribution is 2.19. The molecule has 8 heteroatoms. The van der Waals surface area contributed by atoms with Crippen molar-refractivity contribution >= 4 is 17.5 Å². The van der Waals surface area contributed by atoms with E-state index in [4.69, 9.17) is 4.74 Å². The van der Waals surface area contributed by atoms with E-state index in [0.29, 0.717) is 11.7 Å². The van der Waals surface area contributed by atoms with Crippen LogP contribution in [0.3, 0.4) is 0 Å². The van der Waals surface area contributed by atoms with Crippen LogP contribution in [0.5, 0.6) is 5.75 Å². The number of nitrogens with one attached hydrogen (secondary N) is 2. The van der Waals surface area contributed by atoms with E-state index in [0.717, 1.165) is 11.6 Å². The number of hydrogen-bond acceptors (Lipinski definition) is 5. The fourth-order valence-corrected chi connectivity index (χ4v) is 2.24. The minimum absolute atomic E-state index is 0.0577. The van der Waals surface area contributed by atoms with Gasteiger partial charge in [-0.3, -0.25) is 30.6 Å². The van der Waals surface area contributed by atoms with Gasteiger partial charge in [0.25, 0.3) is 17.5 Å². The largest absolute Gasteiger partial charge is 0.481 e. The standard InChI is InChI=1S/C19H21N3O5/c1-12(2)14-7-9-17(10-8-14)27-13(3)18(23)20-21-19(24)15-5-4-6-16(11-15)22(25)26/h4-13H,1-3H3,(H,20,23)(H,21,24)/t13-/m0/s1. The van der Waals surface area contributed by atoms with Crippen molar-refractivity contribution < 1.29 is 19.2 Å². The number of carbonyl (C=O) groups is 2. The molecule has 0 saturated carbocycles. The molecule has 0 aromatic heterocycles. The van der Waals surface area contributed by atoms with Crippen molar-refractivity contribution in [2.75, 3.05) is 0 Å². The number of hydrazine groups is 1. The first-order valence-electron chi connectivity index (χ1n) is 8.39. The highest BCUT2D eigenvalue weighted by atomic mass is 16.6. The molecule has 142 valence electrons. The zero-order chi connectivity index (χ0) is 20.0. The Morgan fingerprint density at radius 2 is 1.70 bits per heavy atom. The summed E-state index contributed by atoms with van der Waals surface area (Å²) in [6.45, 7) is 5.71. The lowest BCUT2D eigenvalue weighted by molar-refractivity contribution is -0.384. The van der Waals surface area contributed by atoms with E-state index in [1.807, 2.05) is 12.1 Å². The maximum absolute atomic E-state index is 12.1. The van der Waals surface area contributed by atoms with Gasteiger partial charge in [0.15, 0.2) is 6.10 Å². The molecule has 2 rings (SSSR count). The zero-order valence-corrected chi connectivity index (χ0v) is 15.3. The van der Waals surface area contributed by atoms with Crippen LogP contribution in [-0.4, -0.2) is 22.8 Å². The number of rotatable bonds is 6. The maximum Gasteiger partial charge on any atom is 0.279 e. The number of nitro benzene ring substituents is 1. The fraction of sp³-hybridized carbons (Fsp3) is 0.263. The number of carbonyl (C=O) groups excluding carboxylic acids is 2. The van der Waals surface area contributed by atoms with Gasteiger partial charge < -0.3 is 4.74 Å². The Kier molecular flexibility index (Phi) is 6.48. The first kappa shape index (κ1) is 19.9. The van der Waals surface area contributed by atoms with Crippen molar-refractivity contribution in [1.29, 1.82) is 0 Å². The molecule has 2 aromatic carbocycles. The van der Waals surface area contributed by atoms with E-state index in [1.165, 1.54) is 18.2 Å². The van der Waals surface area contributed by atoms with Crippen molar-refractivity contribution in [3.8, 4) is 5.75 Å². The zero-order valence-electron chi connectivity index (χ0n) is 15.3. The minimum Gasteiger partial charge on any atom is -0.481 e. The SMILES string of the molecule is CC(C)c1ccc(O[C@@H](C)C(=O)NNC(=O)c2cccc([N+](=O)[O-])c2)cc1. The van der Waals surface area contributed by atoms with Gasteiger partial charge in [0.1, 0.15) is 5.75 Å². The van der Waals surface area contributed by atoms with Gasteiger partial charge in [-0.25, -0.2) is 0 Å². The number of benzene rings is 2. The molecule has 8 nitrogen and oxygen atoms in total. The third-order valence-corrected chi connectivity index (χ3v) is 3.85. The predicted molar refractivity (Wildman–Crippen MR) is 99.3 cm³/mol. The van der Waals surface area contributed by atoms with Crippen molar-refractivity contribution in [2.45, 2.75) is 32.8 Å². The van der Waals surface area contributed by atoms with E-state index >= 15 is 0 Å². The molecule has 2 N–H and O–H groups in total. The molecule has 0 aliphatic heterocycles. The highest BCUT2D eigenvalue weighted by Gasteiger charge is 2.17. The lowest BCUT2D eigenvalue weighted by Crippen LogP contribution is -2.47. The smallest absolute Gasteiger partial charge is 0.279 e. The van der Waals surface area contributed by atoms with E-state index < -0.39 is 22.8 Å². The van der Waals surface area contributed by atoms with Gasteiger partial charge in [0.2, 0.25) is 0 Å². The van der Waals surface area contributed by atoms with Crippen LogP contribution in [0.15, 0.2) is 48.5 Å². The molecule has 0 aliphatic rings. The molecule has 0 aliphatic carbocycles. The first-order valence-corrected chi connectivity index (χ1v) is 8.39. The average molecular weight is 371 g/mol. The van der Waals surface area contributed by atoms with E-state index in [-0.39, 0.29) is 11.3 Å². The van der Waals surface area contributed by atoms with Crippen LogP contribution in [0.25, 0.3) is 0 Å². The number of non-ortho nitro benzene ring substituents is 1. The Labute approximate surface area is 156 Å². The normalized spacial score (nSPS) is 11.6. The van der Waals surface area contributed by atoms with Crippen molar-refractivity contribution in [3.05, 3.63) is 69.8 Å². The summed E-state index contributed by atoms with van der Waals surface area (Å²) < 4.78 is 5.55. The molecule has 0 radical (unpaired) electrons. The second kappa shape index (κ2) is 8.79. The summed E-state index contributed by atoms with van der Waals surface area (Å²) in [7, 11) is 0. The van der Waals surface area contributed by atoms with Gasteiger partial charge >= 0.3 is 0 Å². The highest BCUT2D eigenvalue weighted by molar-refractivity contribution is 5.96. The molecular weight excluding hydrogens is 350 g/mol. The average Bonchev–Trinajstić information content (AvgIpc) is 2.66. The number of ether oxygens (including phenoxy) is 1. The maximum atomic E-state index is 12.1. The summed E-state index contributed by atoms with van der Waals surface area (Å²) in [6, 6.07) is 12.6. The number of nitro groups is 1. The Morgan fingerprint density at radius 3 is 2.30 bits per heavy atom. The summed E-state index contributed by atoms with van der Waals surface area (Å²) in [6.07, 6.45) is -0.847. The molecule has 0 unspecified atom stereocenters. The molecule has 0 fully saturated rings. The molecular formula is C19H21N3O5. The van der Waals surface area contributed by atoms with E-state index in [1.54, 1.807) is 19.1 Å². The van der Waals surface area contributed by atoms with Crippen LogP contribution in [0.1, 0.15) is 42.6 Å². The van der Waals surface area contributed by atoms with Crippen molar-refractivity contribution in [2.24, 2.45) is 0 Å². The predicted octanol–water partition coefficient (Wildman–Crippen LogP) is 2.95. The third-order valence-electron chi connectivity index (χ3n) is 3.85. The van der Waals surface area contributed by atoms with Gasteiger partial charge in [-0.05, 0) is 36.6 Å². The number of amides is 2. The molecule has 0 bridgehead atoms. The van der Waals surface area contributed by atoms with Gasteiger partial charge in [0.05, 0.1) is 4.92 Å². The summed E-state index contributed by atoms with van der Waals surface area (Å²) in [5, 5.41) is 10.8. The molecule has 0 spiro atoms. The van der Waals surface area contributed by atoms with Crippen LogP contribution in [0.4, 0.5) is 5.69 Å². The van der Waals surface area contributed by atoms with Crippen molar-refractivity contribution in [3.63, 3.8) is 0 Å². The van der Waals surface area contributed by atoms with E-state index in [9.17, 15) is 19.7 Å². The molecule has 0 heterocycles. The second-order valence-electron chi connectivity index (χ2n) is 6.23. The molecule has 2 aromatic rings. The first-order chi connectivity index (χ1) is 12.8. The Morgan fingerprint density at radius 1 is 1.04 bits per heavy atom. The molecule has 0 saturated heterocycles. The van der Waals surface area contributed by atoms with Gasteiger partial charge in [0, 0.05) is 17.7 Å². The van der Waals surface area contributed by atoms with Crippen LogP contribution in [0, 0.1) is 10.1 Å². The summed E-state index contributed by atoms with van der Waals surface area (Å²) in [5.74, 6) is -0.293. The third kappa shape index (κ3) is 5.53.